The summed E-state index contributed by atoms with van der Waals surface area (Å²) in [5.41, 5.74) is 0. The number of furan rings is 1. The molecule has 0 spiro atoms. The van der Waals surface area contributed by atoms with Gasteiger partial charge >= 0.3 is 5.97 Å². The molecule has 0 aliphatic carbocycles. The van der Waals surface area contributed by atoms with Crippen LogP contribution in [0.4, 0.5) is 0 Å². The Labute approximate surface area is 126 Å². The molecule has 0 radical (unpaired) electrons. The molecule has 0 aliphatic rings. The summed E-state index contributed by atoms with van der Waals surface area (Å²) in [5, 5.41) is 18.5. The Bertz CT molecular complexity index is 657. The van der Waals surface area contributed by atoms with Crippen molar-refractivity contribution >= 4 is 17.6 Å². The number of nitriles is 1. The fraction of sp³-hybridized carbons (Fsp3) is 0.200. The lowest BCUT2D eigenvalue weighted by atomic mass is 10.1. The molecule has 1 atom stereocenters. The van der Waals surface area contributed by atoms with E-state index in [1.807, 2.05) is 0 Å². The van der Waals surface area contributed by atoms with E-state index in [4.69, 9.17) is 31.1 Å². The summed E-state index contributed by atoms with van der Waals surface area (Å²) < 4.78 is 10.6. The van der Waals surface area contributed by atoms with Crippen LogP contribution >= 0.6 is 11.6 Å². The average molecular weight is 306 g/mol. The third kappa shape index (κ3) is 4.01. The zero-order valence-corrected chi connectivity index (χ0v) is 11.7. The number of halogens is 1. The maximum absolute atomic E-state index is 10.7. The molecule has 1 aromatic carbocycles. The summed E-state index contributed by atoms with van der Waals surface area (Å²) in [6.07, 6.45) is 0.395. The molecule has 0 bridgehead atoms. The maximum atomic E-state index is 10.7. The van der Waals surface area contributed by atoms with Crippen molar-refractivity contribution in [2.24, 2.45) is 0 Å². The quantitative estimate of drug-likeness (QED) is 0.879. The lowest BCUT2D eigenvalue weighted by Gasteiger charge is -2.08. The Kier molecular flexibility index (Phi) is 4.85. The topological polar surface area (TPSA) is 83.5 Å². The number of carboxylic acids is 1. The summed E-state index contributed by atoms with van der Waals surface area (Å²) in [6.45, 7) is 0.308. The van der Waals surface area contributed by atoms with Crippen molar-refractivity contribution < 1.29 is 19.1 Å². The summed E-state index contributed by atoms with van der Waals surface area (Å²) in [4.78, 5) is 10.7. The number of nitrogens with zero attached hydrogens (tertiary/aromatic N) is 1. The molecule has 1 heterocycles. The van der Waals surface area contributed by atoms with E-state index in [-0.39, 0.29) is 5.76 Å². The van der Waals surface area contributed by atoms with Gasteiger partial charge in [0.05, 0.1) is 12.7 Å². The minimum atomic E-state index is -1.16. The number of hydrogen-bond donors (Lipinski definition) is 1. The van der Waals surface area contributed by atoms with Crippen LogP contribution in [0.3, 0.4) is 0 Å². The van der Waals surface area contributed by atoms with Crippen LogP contribution in [0.2, 0.25) is 5.02 Å². The fourth-order valence-electron chi connectivity index (χ4n) is 1.75. The number of carbonyl (C=O) groups is 1. The Morgan fingerprint density at radius 2 is 2.05 bits per heavy atom. The lowest BCUT2D eigenvalue weighted by Crippen LogP contribution is -2.04. The zero-order chi connectivity index (χ0) is 15.2. The zero-order valence-electron chi connectivity index (χ0n) is 11.0. The standard InChI is InChI=1S/C15H12ClNO4/c16-11-1-3-12(4-2-11)20-8-7-10(9-17)13-5-6-14(21-13)15(18)19/h1-6,10H,7-8H2,(H,18,19). The monoisotopic (exact) mass is 305 g/mol. The average Bonchev–Trinajstić information content (AvgIpc) is 2.95. The van der Waals surface area contributed by atoms with Crippen LogP contribution in [0, 0.1) is 11.3 Å². The molecule has 0 saturated heterocycles. The minimum absolute atomic E-state index is 0.177. The van der Waals surface area contributed by atoms with E-state index in [0.29, 0.717) is 29.6 Å². The first-order valence-corrected chi connectivity index (χ1v) is 6.59. The molecule has 0 saturated carbocycles. The van der Waals surface area contributed by atoms with Crippen LogP contribution in [0.25, 0.3) is 0 Å². The van der Waals surface area contributed by atoms with Gasteiger partial charge in [-0.1, -0.05) is 11.6 Å². The molecular weight excluding hydrogens is 294 g/mol. The van der Waals surface area contributed by atoms with Crippen LogP contribution in [0.5, 0.6) is 5.75 Å². The first-order chi connectivity index (χ1) is 10.1. The normalized spacial score (nSPS) is 11.6. The van der Waals surface area contributed by atoms with E-state index in [0.717, 1.165) is 0 Å². The number of hydrogen-bond acceptors (Lipinski definition) is 4. The number of rotatable bonds is 6. The molecule has 2 rings (SSSR count). The van der Waals surface area contributed by atoms with E-state index >= 15 is 0 Å². The van der Waals surface area contributed by atoms with Crippen molar-refractivity contribution in [2.45, 2.75) is 12.3 Å². The molecule has 1 aromatic heterocycles. The van der Waals surface area contributed by atoms with Crippen LogP contribution < -0.4 is 4.74 Å². The second-order valence-corrected chi connectivity index (χ2v) is 4.72. The first-order valence-electron chi connectivity index (χ1n) is 6.21. The molecule has 5 nitrogen and oxygen atoms in total. The largest absolute Gasteiger partial charge is 0.494 e. The highest BCUT2D eigenvalue weighted by Crippen LogP contribution is 2.22. The van der Waals surface area contributed by atoms with Crippen molar-refractivity contribution in [3.05, 3.63) is 52.9 Å². The van der Waals surface area contributed by atoms with Gasteiger partial charge in [-0.2, -0.15) is 5.26 Å². The molecule has 1 unspecified atom stereocenters. The smallest absolute Gasteiger partial charge is 0.371 e. The van der Waals surface area contributed by atoms with Gasteiger partial charge in [0.25, 0.3) is 0 Å². The number of ether oxygens (including phenoxy) is 1. The first kappa shape index (κ1) is 14.9. The molecular formula is C15H12ClNO4. The summed E-state index contributed by atoms with van der Waals surface area (Å²) >= 11 is 5.77. The third-order valence-electron chi connectivity index (χ3n) is 2.83. The van der Waals surface area contributed by atoms with Gasteiger partial charge in [0, 0.05) is 11.4 Å². The van der Waals surface area contributed by atoms with Gasteiger partial charge in [-0.15, -0.1) is 0 Å². The summed E-state index contributed by atoms with van der Waals surface area (Å²) in [5.74, 6) is -0.902. The van der Waals surface area contributed by atoms with E-state index < -0.39 is 11.9 Å². The molecule has 0 amide bonds. The third-order valence-corrected chi connectivity index (χ3v) is 3.08. The van der Waals surface area contributed by atoms with E-state index in [1.165, 1.54) is 12.1 Å². The Balaban J connectivity index is 1.92. The van der Waals surface area contributed by atoms with Crippen molar-refractivity contribution in [3.63, 3.8) is 0 Å². The van der Waals surface area contributed by atoms with Gasteiger partial charge in [-0.3, -0.25) is 0 Å². The van der Waals surface area contributed by atoms with Crippen molar-refractivity contribution in [1.29, 1.82) is 5.26 Å². The van der Waals surface area contributed by atoms with Crippen molar-refractivity contribution in [1.82, 2.24) is 0 Å². The predicted octanol–water partition coefficient (Wildman–Crippen LogP) is 3.71. The van der Waals surface area contributed by atoms with Gasteiger partial charge in [-0.25, -0.2) is 4.79 Å². The molecule has 2 aromatic rings. The van der Waals surface area contributed by atoms with Gasteiger partial charge in [-0.05, 0) is 36.4 Å². The number of aromatic carboxylic acids is 1. The van der Waals surface area contributed by atoms with E-state index in [2.05, 4.69) is 6.07 Å². The number of benzene rings is 1. The highest BCUT2D eigenvalue weighted by molar-refractivity contribution is 6.30. The van der Waals surface area contributed by atoms with Crippen LogP contribution in [-0.4, -0.2) is 17.7 Å². The molecule has 0 aliphatic heterocycles. The Hall–Kier alpha value is -2.45. The van der Waals surface area contributed by atoms with E-state index in [9.17, 15) is 4.79 Å². The molecule has 0 fully saturated rings. The summed E-state index contributed by atoms with van der Waals surface area (Å²) in [7, 11) is 0. The molecule has 108 valence electrons. The molecule has 6 heteroatoms. The van der Waals surface area contributed by atoms with Crippen LogP contribution in [0.1, 0.15) is 28.7 Å². The van der Waals surface area contributed by atoms with Gasteiger partial charge in [0.1, 0.15) is 17.4 Å². The Morgan fingerprint density at radius 1 is 1.33 bits per heavy atom. The molecule has 1 N–H and O–H groups in total. The highest BCUT2D eigenvalue weighted by Gasteiger charge is 2.17. The number of carboxylic acid groups (broad SMARTS) is 1. The minimum Gasteiger partial charge on any atom is -0.494 e. The lowest BCUT2D eigenvalue weighted by molar-refractivity contribution is 0.0660. The van der Waals surface area contributed by atoms with Crippen molar-refractivity contribution in [3.8, 4) is 11.8 Å². The van der Waals surface area contributed by atoms with Gasteiger partial charge in [0.2, 0.25) is 5.76 Å². The van der Waals surface area contributed by atoms with Crippen LogP contribution in [0.15, 0.2) is 40.8 Å². The van der Waals surface area contributed by atoms with Gasteiger partial charge in [0.15, 0.2) is 0 Å². The fourth-order valence-corrected chi connectivity index (χ4v) is 1.88. The maximum Gasteiger partial charge on any atom is 0.371 e. The van der Waals surface area contributed by atoms with Crippen LogP contribution in [-0.2, 0) is 0 Å². The summed E-state index contributed by atoms with van der Waals surface area (Å²) in [6, 6.07) is 11.8. The van der Waals surface area contributed by atoms with E-state index in [1.54, 1.807) is 24.3 Å². The second kappa shape index (κ2) is 6.82. The second-order valence-electron chi connectivity index (χ2n) is 4.28. The molecule has 21 heavy (non-hydrogen) atoms. The highest BCUT2D eigenvalue weighted by atomic mass is 35.5. The predicted molar refractivity (Wildman–Crippen MR) is 75.6 cm³/mol. The Morgan fingerprint density at radius 3 is 2.62 bits per heavy atom. The van der Waals surface area contributed by atoms with Crippen molar-refractivity contribution in [2.75, 3.05) is 6.61 Å². The SMILES string of the molecule is N#CC(CCOc1ccc(Cl)cc1)c1ccc(C(=O)O)o1. The van der Waals surface area contributed by atoms with Gasteiger partial charge < -0.3 is 14.3 Å².